The van der Waals surface area contributed by atoms with Crippen molar-refractivity contribution in [3.05, 3.63) is 60.7 Å². The molecule has 0 atom stereocenters. The Morgan fingerprint density at radius 3 is 1.56 bits per heavy atom. The van der Waals surface area contributed by atoms with Gasteiger partial charge in [0.25, 0.3) is 0 Å². The number of rotatable bonds is 3. The van der Waals surface area contributed by atoms with Crippen molar-refractivity contribution < 1.29 is 0 Å². The fourth-order valence-corrected chi connectivity index (χ4v) is 1.48. The van der Waals surface area contributed by atoms with E-state index in [9.17, 15) is 0 Å². The summed E-state index contributed by atoms with van der Waals surface area (Å²) in [7, 11) is 1.67. The molecular weight excluding hydrogens is 198 g/mol. The molecule has 0 aliphatic heterocycles. The molecule has 0 amide bonds. The van der Waals surface area contributed by atoms with Gasteiger partial charge in [0, 0.05) is 0 Å². The fraction of sp³-hybridized carbons (Fsp3) is 0.0769. The molecule has 0 radical (unpaired) electrons. The minimum absolute atomic E-state index is 0.999. The molecule has 0 saturated heterocycles. The van der Waals surface area contributed by atoms with Crippen LogP contribution in [-0.4, -0.2) is 7.05 Å². The van der Waals surface area contributed by atoms with Gasteiger partial charge in [-0.1, -0.05) is 41.6 Å². The molecule has 3 heteroatoms. The first kappa shape index (κ1) is 10.4. The Hall–Kier alpha value is -2.16. The van der Waals surface area contributed by atoms with E-state index < -0.39 is 0 Å². The Morgan fingerprint density at radius 2 is 1.19 bits per heavy atom. The van der Waals surface area contributed by atoms with Gasteiger partial charge in [0.2, 0.25) is 0 Å². The normalized spacial score (nSPS) is 10.6. The van der Waals surface area contributed by atoms with E-state index in [0.29, 0.717) is 0 Å². The molecule has 0 aliphatic carbocycles. The SMILES string of the molecule is CN=NN(c1ccccc1)c1ccccc1. The molecular formula is C13H13N3. The molecule has 80 valence electrons. The smallest absolute Gasteiger partial charge is 0.0669 e. The first-order valence-electron chi connectivity index (χ1n) is 5.12. The average Bonchev–Trinajstić information content (AvgIpc) is 2.38. The van der Waals surface area contributed by atoms with Crippen molar-refractivity contribution >= 4 is 11.4 Å². The van der Waals surface area contributed by atoms with E-state index in [4.69, 9.17) is 0 Å². The summed E-state index contributed by atoms with van der Waals surface area (Å²) in [6.07, 6.45) is 0. The van der Waals surface area contributed by atoms with Crippen molar-refractivity contribution in [1.82, 2.24) is 0 Å². The van der Waals surface area contributed by atoms with E-state index in [-0.39, 0.29) is 0 Å². The van der Waals surface area contributed by atoms with Crippen LogP contribution in [0.5, 0.6) is 0 Å². The zero-order valence-corrected chi connectivity index (χ0v) is 9.12. The third kappa shape index (κ3) is 2.25. The van der Waals surface area contributed by atoms with Crippen LogP contribution in [0.4, 0.5) is 11.4 Å². The Balaban J connectivity index is 2.39. The van der Waals surface area contributed by atoms with Gasteiger partial charge in [0.15, 0.2) is 0 Å². The summed E-state index contributed by atoms with van der Waals surface area (Å²) in [6, 6.07) is 19.9. The van der Waals surface area contributed by atoms with Gasteiger partial charge in [-0.25, -0.2) is 5.01 Å². The van der Waals surface area contributed by atoms with Gasteiger partial charge in [-0.15, -0.1) is 0 Å². The maximum Gasteiger partial charge on any atom is 0.0669 e. The zero-order chi connectivity index (χ0) is 11.2. The van der Waals surface area contributed by atoms with Crippen molar-refractivity contribution in [2.45, 2.75) is 0 Å². The summed E-state index contributed by atoms with van der Waals surface area (Å²) in [5, 5.41) is 9.77. The quantitative estimate of drug-likeness (QED) is 0.560. The molecule has 0 spiro atoms. The predicted molar refractivity (Wildman–Crippen MR) is 65.8 cm³/mol. The topological polar surface area (TPSA) is 28.0 Å². The molecule has 0 saturated carbocycles. The summed E-state index contributed by atoms with van der Waals surface area (Å²) < 4.78 is 0. The number of anilines is 2. The third-order valence-electron chi connectivity index (χ3n) is 2.18. The van der Waals surface area contributed by atoms with Crippen LogP contribution in [0.1, 0.15) is 0 Å². The summed E-state index contributed by atoms with van der Waals surface area (Å²) >= 11 is 0. The van der Waals surface area contributed by atoms with Crippen LogP contribution in [0.3, 0.4) is 0 Å². The van der Waals surface area contributed by atoms with E-state index in [1.165, 1.54) is 0 Å². The van der Waals surface area contributed by atoms with Crippen LogP contribution in [0.25, 0.3) is 0 Å². The van der Waals surface area contributed by atoms with Crippen LogP contribution < -0.4 is 5.01 Å². The summed E-state index contributed by atoms with van der Waals surface area (Å²) in [5.41, 5.74) is 2.00. The summed E-state index contributed by atoms with van der Waals surface area (Å²) in [4.78, 5) is 0. The number of benzene rings is 2. The second-order valence-electron chi connectivity index (χ2n) is 3.27. The Kier molecular flexibility index (Phi) is 3.28. The first-order valence-corrected chi connectivity index (χ1v) is 5.12. The largest absolute Gasteiger partial charge is 0.215 e. The number of para-hydroxylation sites is 2. The molecule has 2 aromatic carbocycles. The minimum Gasteiger partial charge on any atom is -0.215 e. The van der Waals surface area contributed by atoms with Crippen molar-refractivity contribution in [2.75, 3.05) is 12.1 Å². The van der Waals surface area contributed by atoms with Crippen molar-refractivity contribution in [3.8, 4) is 0 Å². The van der Waals surface area contributed by atoms with Gasteiger partial charge in [-0.3, -0.25) is 0 Å². The highest BCUT2D eigenvalue weighted by atomic mass is 15.5. The van der Waals surface area contributed by atoms with E-state index in [1.807, 2.05) is 60.7 Å². The predicted octanol–water partition coefficient (Wildman–Crippen LogP) is 3.82. The third-order valence-corrected chi connectivity index (χ3v) is 2.18. The van der Waals surface area contributed by atoms with Crippen LogP contribution >= 0.6 is 0 Å². The molecule has 0 fully saturated rings. The Labute approximate surface area is 95.0 Å². The van der Waals surface area contributed by atoms with Gasteiger partial charge in [0.05, 0.1) is 18.4 Å². The molecule has 3 nitrogen and oxygen atoms in total. The molecule has 0 bridgehead atoms. The number of nitrogens with zero attached hydrogens (tertiary/aromatic N) is 3. The highest BCUT2D eigenvalue weighted by Crippen LogP contribution is 2.24. The molecule has 0 aliphatic rings. The number of hydrogen-bond donors (Lipinski definition) is 0. The molecule has 2 rings (SSSR count). The van der Waals surface area contributed by atoms with Gasteiger partial charge in [-0.2, -0.15) is 5.11 Å². The van der Waals surface area contributed by atoms with Crippen molar-refractivity contribution in [1.29, 1.82) is 0 Å². The Morgan fingerprint density at radius 1 is 0.750 bits per heavy atom. The van der Waals surface area contributed by atoms with E-state index in [1.54, 1.807) is 12.1 Å². The second-order valence-corrected chi connectivity index (χ2v) is 3.27. The highest BCUT2D eigenvalue weighted by Gasteiger charge is 2.06. The standard InChI is InChI=1S/C13H13N3/c1-14-15-16(12-8-4-2-5-9-12)13-10-6-3-7-11-13/h2-11H,1H3. The average molecular weight is 211 g/mol. The van der Waals surface area contributed by atoms with Crippen molar-refractivity contribution in [2.24, 2.45) is 10.3 Å². The lowest BCUT2D eigenvalue weighted by molar-refractivity contribution is 0.948. The van der Waals surface area contributed by atoms with Crippen LogP contribution in [0.15, 0.2) is 71.0 Å². The lowest BCUT2D eigenvalue weighted by Crippen LogP contribution is -2.07. The molecule has 0 N–H and O–H groups in total. The minimum atomic E-state index is 0.999. The molecule has 0 aromatic heterocycles. The first-order chi connectivity index (χ1) is 7.92. The van der Waals surface area contributed by atoms with Gasteiger partial charge >= 0.3 is 0 Å². The van der Waals surface area contributed by atoms with E-state index in [2.05, 4.69) is 10.3 Å². The van der Waals surface area contributed by atoms with Crippen molar-refractivity contribution in [3.63, 3.8) is 0 Å². The summed E-state index contributed by atoms with van der Waals surface area (Å²) in [5.74, 6) is 0. The van der Waals surface area contributed by atoms with Gasteiger partial charge < -0.3 is 0 Å². The van der Waals surface area contributed by atoms with E-state index in [0.717, 1.165) is 11.4 Å². The highest BCUT2D eigenvalue weighted by molar-refractivity contribution is 5.61. The van der Waals surface area contributed by atoms with Crippen LogP contribution in [0, 0.1) is 0 Å². The van der Waals surface area contributed by atoms with Crippen LogP contribution in [0.2, 0.25) is 0 Å². The maximum atomic E-state index is 4.12. The second kappa shape index (κ2) is 5.07. The Bertz CT molecular complexity index is 412. The molecule has 2 aromatic rings. The van der Waals surface area contributed by atoms with Gasteiger partial charge in [0.1, 0.15) is 0 Å². The number of hydrogen-bond acceptors (Lipinski definition) is 2. The molecule has 16 heavy (non-hydrogen) atoms. The van der Waals surface area contributed by atoms with E-state index >= 15 is 0 Å². The van der Waals surface area contributed by atoms with Crippen LogP contribution in [-0.2, 0) is 0 Å². The summed E-state index contributed by atoms with van der Waals surface area (Å²) in [6.45, 7) is 0. The molecule has 0 heterocycles. The lowest BCUT2D eigenvalue weighted by Gasteiger charge is -2.17. The fourth-order valence-electron chi connectivity index (χ4n) is 1.48. The lowest BCUT2D eigenvalue weighted by atomic mass is 10.2. The molecule has 0 unspecified atom stereocenters. The zero-order valence-electron chi connectivity index (χ0n) is 9.12. The monoisotopic (exact) mass is 211 g/mol. The van der Waals surface area contributed by atoms with Gasteiger partial charge in [-0.05, 0) is 24.3 Å². The maximum absolute atomic E-state index is 4.12.